The smallest absolute Gasteiger partial charge is 0.225 e. The van der Waals surface area contributed by atoms with Crippen molar-refractivity contribution in [3.8, 4) is 0 Å². The van der Waals surface area contributed by atoms with Gasteiger partial charge in [-0.1, -0.05) is 44.2 Å². The first kappa shape index (κ1) is 16.5. The molecule has 2 aromatic rings. The summed E-state index contributed by atoms with van der Waals surface area (Å²) in [6, 6.07) is 0.152. The van der Waals surface area contributed by atoms with E-state index >= 15 is 0 Å². The summed E-state index contributed by atoms with van der Waals surface area (Å²) in [4.78, 5) is 12.4. The van der Waals surface area contributed by atoms with E-state index in [1.54, 1.807) is 6.33 Å². The first-order valence-corrected chi connectivity index (χ1v) is 8.09. The van der Waals surface area contributed by atoms with E-state index in [0.717, 1.165) is 12.8 Å². The number of fused-ring (bicyclic) bond motifs is 1. The highest BCUT2D eigenvalue weighted by molar-refractivity contribution is 6.35. The van der Waals surface area contributed by atoms with Crippen LogP contribution in [-0.2, 0) is 0 Å². The fraction of sp³-hybridized carbons (Fsp3) is 0.643. The topological polar surface area (TPSA) is 63.8 Å². The number of halogens is 2. The minimum Gasteiger partial charge on any atom is -0.396 e. The van der Waals surface area contributed by atoms with Gasteiger partial charge in [0.15, 0.2) is 10.8 Å². The summed E-state index contributed by atoms with van der Waals surface area (Å²) in [5.74, 6) is 0. The van der Waals surface area contributed by atoms with E-state index in [1.807, 2.05) is 4.57 Å². The highest BCUT2D eigenvalue weighted by Crippen LogP contribution is 2.27. The van der Waals surface area contributed by atoms with Crippen LogP contribution < -0.4 is 0 Å². The molecule has 2 heterocycles. The largest absolute Gasteiger partial charge is 0.396 e. The summed E-state index contributed by atoms with van der Waals surface area (Å²) in [6.45, 7) is 2.32. The van der Waals surface area contributed by atoms with Crippen LogP contribution in [0.15, 0.2) is 6.33 Å². The Morgan fingerprint density at radius 2 is 2.00 bits per heavy atom. The normalized spacial score (nSPS) is 13.0. The zero-order valence-corrected chi connectivity index (χ0v) is 13.6. The quantitative estimate of drug-likeness (QED) is 0.451. The van der Waals surface area contributed by atoms with Crippen molar-refractivity contribution in [2.45, 2.75) is 51.5 Å². The van der Waals surface area contributed by atoms with Gasteiger partial charge in [0.2, 0.25) is 5.28 Å². The highest BCUT2D eigenvalue weighted by atomic mass is 35.5. The number of rotatable bonds is 8. The summed E-state index contributed by atoms with van der Waals surface area (Å²) < 4.78 is 1.96. The molecule has 0 aromatic carbocycles. The average Bonchev–Trinajstić information content (AvgIpc) is 2.86. The molecule has 116 valence electrons. The maximum atomic E-state index is 9.30. The third-order valence-corrected chi connectivity index (χ3v) is 4.03. The van der Waals surface area contributed by atoms with Gasteiger partial charge >= 0.3 is 0 Å². The summed E-state index contributed by atoms with van der Waals surface area (Å²) in [7, 11) is 0. The lowest BCUT2D eigenvalue weighted by Crippen LogP contribution is -2.11. The number of unbranched alkanes of at least 4 members (excludes halogenated alkanes) is 3. The Morgan fingerprint density at radius 3 is 2.71 bits per heavy atom. The molecule has 0 aliphatic heterocycles. The van der Waals surface area contributed by atoms with Gasteiger partial charge in [-0.2, -0.15) is 4.98 Å². The molecule has 5 nitrogen and oxygen atoms in total. The second kappa shape index (κ2) is 7.92. The SMILES string of the molecule is CCCCCC[C@@H](CCO)n1cnc2c(Cl)nc(Cl)nc21. The van der Waals surface area contributed by atoms with Gasteiger partial charge < -0.3 is 9.67 Å². The van der Waals surface area contributed by atoms with E-state index in [2.05, 4.69) is 21.9 Å². The maximum absolute atomic E-state index is 9.30. The first-order valence-electron chi connectivity index (χ1n) is 7.33. The van der Waals surface area contributed by atoms with Crippen molar-refractivity contribution in [1.82, 2.24) is 19.5 Å². The first-order chi connectivity index (χ1) is 10.2. The number of aromatic nitrogens is 4. The molecule has 2 aromatic heterocycles. The molecule has 0 unspecified atom stereocenters. The predicted octanol–water partition coefficient (Wildman–Crippen LogP) is 4.03. The minimum atomic E-state index is 0.114. The number of imidazole rings is 1. The molecular formula is C14H20Cl2N4O. The van der Waals surface area contributed by atoms with Crippen LogP contribution in [0.1, 0.15) is 51.5 Å². The van der Waals surface area contributed by atoms with Gasteiger partial charge in [0.1, 0.15) is 5.52 Å². The third-order valence-electron chi connectivity index (χ3n) is 3.60. The zero-order valence-electron chi connectivity index (χ0n) is 12.1. The van der Waals surface area contributed by atoms with Crippen LogP contribution in [-0.4, -0.2) is 31.2 Å². The number of hydrogen-bond donors (Lipinski definition) is 1. The molecule has 0 radical (unpaired) electrons. The molecule has 0 bridgehead atoms. The molecule has 0 fully saturated rings. The molecule has 0 aliphatic rings. The van der Waals surface area contributed by atoms with E-state index in [4.69, 9.17) is 23.2 Å². The summed E-state index contributed by atoms with van der Waals surface area (Å²) in [5.41, 5.74) is 1.19. The molecule has 0 aliphatic carbocycles. The van der Waals surface area contributed by atoms with Crippen LogP contribution in [0.5, 0.6) is 0 Å². The molecule has 0 saturated carbocycles. The second-order valence-electron chi connectivity index (χ2n) is 5.12. The Balaban J connectivity index is 2.23. The van der Waals surface area contributed by atoms with Gasteiger partial charge in [-0.3, -0.25) is 0 Å². The van der Waals surface area contributed by atoms with Crippen molar-refractivity contribution in [2.24, 2.45) is 0 Å². The molecule has 7 heteroatoms. The highest BCUT2D eigenvalue weighted by Gasteiger charge is 2.17. The number of hydrogen-bond acceptors (Lipinski definition) is 4. The molecule has 1 N–H and O–H groups in total. The lowest BCUT2D eigenvalue weighted by atomic mass is 10.0. The van der Waals surface area contributed by atoms with Crippen LogP contribution in [0.4, 0.5) is 0 Å². The molecule has 0 amide bonds. The van der Waals surface area contributed by atoms with E-state index in [-0.39, 0.29) is 23.1 Å². The molecule has 21 heavy (non-hydrogen) atoms. The van der Waals surface area contributed by atoms with E-state index in [0.29, 0.717) is 17.6 Å². The lowest BCUT2D eigenvalue weighted by Gasteiger charge is -2.18. The van der Waals surface area contributed by atoms with Crippen molar-refractivity contribution in [3.05, 3.63) is 16.8 Å². The van der Waals surface area contributed by atoms with Crippen molar-refractivity contribution in [3.63, 3.8) is 0 Å². The molecule has 2 rings (SSSR count). The average molecular weight is 331 g/mol. The van der Waals surface area contributed by atoms with Gasteiger partial charge in [0, 0.05) is 12.6 Å². The zero-order chi connectivity index (χ0) is 15.2. The van der Waals surface area contributed by atoms with E-state index < -0.39 is 0 Å². The van der Waals surface area contributed by atoms with Crippen LogP contribution >= 0.6 is 23.2 Å². The number of aliphatic hydroxyl groups excluding tert-OH is 1. The Kier molecular flexibility index (Phi) is 6.21. The van der Waals surface area contributed by atoms with Crippen LogP contribution in [0, 0.1) is 0 Å². The van der Waals surface area contributed by atoms with Gasteiger partial charge in [-0.05, 0) is 24.4 Å². The Hall–Kier alpha value is -0.910. The fourth-order valence-electron chi connectivity index (χ4n) is 2.50. The van der Waals surface area contributed by atoms with Gasteiger partial charge in [0.25, 0.3) is 0 Å². The Bertz CT molecular complexity index is 588. The standard InChI is InChI=1S/C14H20Cl2N4O/c1-2-3-4-5-6-10(7-8-21)20-9-17-11-12(15)18-14(16)19-13(11)20/h9-10,21H,2-8H2,1H3/t10-/m0/s1. The Labute approximate surface area is 134 Å². The van der Waals surface area contributed by atoms with E-state index in [1.165, 1.54) is 19.3 Å². The minimum absolute atomic E-state index is 0.114. The number of nitrogens with zero attached hydrogens (tertiary/aromatic N) is 4. The van der Waals surface area contributed by atoms with Gasteiger partial charge in [-0.15, -0.1) is 0 Å². The van der Waals surface area contributed by atoms with Crippen molar-refractivity contribution in [1.29, 1.82) is 0 Å². The van der Waals surface area contributed by atoms with Crippen molar-refractivity contribution < 1.29 is 5.11 Å². The summed E-state index contributed by atoms with van der Waals surface area (Å²) in [6.07, 6.45) is 8.10. The molecule has 1 atom stereocenters. The summed E-state index contributed by atoms with van der Waals surface area (Å²) in [5, 5.41) is 9.68. The lowest BCUT2D eigenvalue weighted by molar-refractivity contribution is 0.251. The Morgan fingerprint density at radius 1 is 1.19 bits per heavy atom. The molecule has 0 saturated heterocycles. The van der Waals surface area contributed by atoms with Crippen molar-refractivity contribution in [2.75, 3.05) is 6.61 Å². The van der Waals surface area contributed by atoms with Gasteiger partial charge in [0.05, 0.1) is 6.33 Å². The van der Waals surface area contributed by atoms with Crippen molar-refractivity contribution >= 4 is 34.4 Å². The van der Waals surface area contributed by atoms with E-state index in [9.17, 15) is 5.11 Å². The van der Waals surface area contributed by atoms with Crippen LogP contribution in [0.2, 0.25) is 10.4 Å². The monoisotopic (exact) mass is 330 g/mol. The maximum Gasteiger partial charge on any atom is 0.225 e. The molecule has 0 spiro atoms. The van der Waals surface area contributed by atoms with Crippen LogP contribution in [0.25, 0.3) is 11.2 Å². The number of aliphatic hydroxyl groups is 1. The van der Waals surface area contributed by atoms with Gasteiger partial charge in [-0.25, -0.2) is 9.97 Å². The summed E-state index contributed by atoms with van der Waals surface area (Å²) >= 11 is 11.9. The second-order valence-corrected chi connectivity index (χ2v) is 5.82. The van der Waals surface area contributed by atoms with Crippen LogP contribution in [0.3, 0.4) is 0 Å². The third kappa shape index (κ3) is 4.05. The fourth-order valence-corrected chi connectivity index (χ4v) is 2.92. The predicted molar refractivity (Wildman–Crippen MR) is 84.8 cm³/mol. The molecular weight excluding hydrogens is 311 g/mol.